The number of anilines is 1. The second-order valence-electron chi connectivity index (χ2n) is 4.05. The Morgan fingerprint density at radius 1 is 1.44 bits per heavy atom. The smallest absolute Gasteiger partial charge is 0.129 e. The zero-order valence-electron chi connectivity index (χ0n) is 10.0. The van der Waals surface area contributed by atoms with Crippen LogP contribution in [-0.4, -0.2) is 17.6 Å². The van der Waals surface area contributed by atoms with Crippen molar-refractivity contribution >= 4 is 29.0 Å². The summed E-state index contributed by atoms with van der Waals surface area (Å²) in [5, 5.41) is 0.638. The molecular weight excluding hydrogens is 243 g/mol. The van der Waals surface area contributed by atoms with E-state index in [1.165, 1.54) is 0 Å². The molecule has 1 aromatic rings. The van der Waals surface area contributed by atoms with Crippen LogP contribution in [0.1, 0.15) is 32.8 Å². The molecule has 0 unspecified atom stereocenters. The van der Waals surface area contributed by atoms with Crippen molar-refractivity contribution in [2.24, 2.45) is 0 Å². The first-order valence-electron chi connectivity index (χ1n) is 5.57. The predicted molar refractivity (Wildman–Crippen MR) is 71.6 cm³/mol. The number of pyridine rings is 1. The third kappa shape index (κ3) is 3.26. The maximum absolute atomic E-state index is 5.99. The lowest BCUT2D eigenvalue weighted by Crippen LogP contribution is -2.32. The van der Waals surface area contributed by atoms with E-state index in [4.69, 9.17) is 23.2 Å². The van der Waals surface area contributed by atoms with Gasteiger partial charge < -0.3 is 4.90 Å². The minimum absolute atomic E-state index is 0.423. The third-order valence-electron chi connectivity index (χ3n) is 2.45. The van der Waals surface area contributed by atoms with E-state index in [0.29, 0.717) is 16.9 Å². The molecule has 1 heterocycles. The van der Waals surface area contributed by atoms with Gasteiger partial charge in [0.05, 0.1) is 5.02 Å². The van der Waals surface area contributed by atoms with Crippen LogP contribution in [0.5, 0.6) is 0 Å². The maximum atomic E-state index is 5.99. The Balaban J connectivity index is 3.00. The quantitative estimate of drug-likeness (QED) is 0.742. The van der Waals surface area contributed by atoms with Crippen LogP contribution in [0.3, 0.4) is 0 Å². The Morgan fingerprint density at radius 3 is 2.62 bits per heavy atom. The first-order chi connectivity index (χ1) is 7.60. The first-order valence-corrected chi connectivity index (χ1v) is 6.48. The van der Waals surface area contributed by atoms with E-state index < -0.39 is 0 Å². The van der Waals surface area contributed by atoms with Crippen molar-refractivity contribution in [3.8, 4) is 0 Å². The van der Waals surface area contributed by atoms with Gasteiger partial charge in [0.1, 0.15) is 5.82 Å². The van der Waals surface area contributed by atoms with Crippen LogP contribution in [0.4, 0.5) is 5.82 Å². The summed E-state index contributed by atoms with van der Waals surface area (Å²) in [6, 6.07) is 2.40. The van der Waals surface area contributed by atoms with Gasteiger partial charge in [0.25, 0.3) is 0 Å². The SMILES string of the molecule is CCCN(c1cc(CCl)c(Cl)cn1)C(C)C. The number of hydrogen-bond acceptors (Lipinski definition) is 2. The van der Waals surface area contributed by atoms with Gasteiger partial charge in [0.2, 0.25) is 0 Å². The highest BCUT2D eigenvalue weighted by Crippen LogP contribution is 2.23. The monoisotopic (exact) mass is 260 g/mol. The van der Waals surface area contributed by atoms with Gasteiger partial charge in [0, 0.05) is 24.7 Å². The molecule has 0 bridgehead atoms. The van der Waals surface area contributed by atoms with Gasteiger partial charge in [-0.25, -0.2) is 4.98 Å². The Labute approximate surface area is 108 Å². The molecule has 0 saturated carbocycles. The Bertz CT molecular complexity index is 340. The van der Waals surface area contributed by atoms with Gasteiger partial charge in [-0.15, -0.1) is 11.6 Å². The fraction of sp³-hybridized carbons (Fsp3) is 0.583. The van der Waals surface area contributed by atoms with Crippen LogP contribution in [0.25, 0.3) is 0 Å². The molecule has 0 spiro atoms. The Hall–Kier alpha value is -0.470. The van der Waals surface area contributed by atoms with Crippen molar-refractivity contribution in [3.63, 3.8) is 0 Å². The number of hydrogen-bond donors (Lipinski definition) is 0. The van der Waals surface area contributed by atoms with Gasteiger partial charge in [-0.1, -0.05) is 18.5 Å². The fourth-order valence-electron chi connectivity index (χ4n) is 1.61. The lowest BCUT2D eigenvalue weighted by molar-refractivity contribution is 0.662. The number of halogens is 2. The average Bonchev–Trinajstić information content (AvgIpc) is 2.26. The van der Waals surface area contributed by atoms with E-state index in [2.05, 4.69) is 30.7 Å². The van der Waals surface area contributed by atoms with Crippen LogP contribution in [-0.2, 0) is 5.88 Å². The van der Waals surface area contributed by atoms with Gasteiger partial charge in [-0.3, -0.25) is 0 Å². The first kappa shape index (κ1) is 13.6. The average molecular weight is 261 g/mol. The van der Waals surface area contributed by atoms with Crippen LogP contribution in [0, 0.1) is 0 Å². The molecule has 0 aliphatic rings. The molecule has 0 aliphatic carbocycles. The number of rotatable bonds is 5. The summed E-state index contributed by atoms with van der Waals surface area (Å²) in [6.07, 6.45) is 2.78. The lowest BCUT2D eigenvalue weighted by Gasteiger charge is -2.27. The molecule has 0 radical (unpaired) electrons. The largest absolute Gasteiger partial charge is 0.354 e. The molecule has 0 saturated heterocycles. The van der Waals surface area contributed by atoms with Gasteiger partial charge in [-0.2, -0.15) is 0 Å². The Kier molecular flexibility index (Phi) is 5.36. The molecule has 1 aromatic heterocycles. The molecule has 4 heteroatoms. The zero-order valence-corrected chi connectivity index (χ0v) is 11.5. The molecule has 0 aromatic carbocycles. The topological polar surface area (TPSA) is 16.1 Å². The second kappa shape index (κ2) is 6.31. The van der Waals surface area contributed by atoms with E-state index >= 15 is 0 Å². The standard InChI is InChI=1S/C12H18Cl2N2/c1-4-5-16(9(2)3)12-6-10(7-13)11(14)8-15-12/h6,8-9H,4-5,7H2,1-3H3. The van der Waals surface area contributed by atoms with Crippen LogP contribution in [0.15, 0.2) is 12.3 Å². The Morgan fingerprint density at radius 2 is 2.12 bits per heavy atom. The van der Waals surface area contributed by atoms with Gasteiger partial charge in [0.15, 0.2) is 0 Å². The summed E-state index contributed by atoms with van der Waals surface area (Å²) < 4.78 is 0. The summed E-state index contributed by atoms with van der Waals surface area (Å²) in [4.78, 5) is 6.62. The number of nitrogens with zero attached hydrogens (tertiary/aromatic N) is 2. The van der Waals surface area contributed by atoms with Crippen LogP contribution in [0.2, 0.25) is 5.02 Å². The predicted octanol–water partition coefficient (Wildman–Crippen LogP) is 4.10. The van der Waals surface area contributed by atoms with Crippen molar-refractivity contribution in [1.82, 2.24) is 4.98 Å². The highest BCUT2D eigenvalue weighted by atomic mass is 35.5. The fourth-order valence-corrected chi connectivity index (χ4v) is 2.07. The van der Waals surface area contributed by atoms with E-state index in [9.17, 15) is 0 Å². The molecule has 0 atom stereocenters. The molecule has 1 rings (SSSR count). The summed E-state index contributed by atoms with van der Waals surface area (Å²) in [7, 11) is 0. The van der Waals surface area contributed by atoms with E-state index in [0.717, 1.165) is 24.3 Å². The van der Waals surface area contributed by atoms with E-state index in [1.54, 1.807) is 6.20 Å². The van der Waals surface area contributed by atoms with Gasteiger partial charge in [-0.05, 0) is 31.9 Å². The molecule has 16 heavy (non-hydrogen) atoms. The van der Waals surface area contributed by atoms with Crippen molar-refractivity contribution in [3.05, 3.63) is 22.8 Å². The maximum Gasteiger partial charge on any atom is 0.129 e. The van der Waals surface area contributed by atoms with E-state index in [1.807, 2.05) is 6.07 Å². The summed E-state index contributed by atoms with van der Waals surface area (Å²) >= 11 is 11.8. The highest BCUT2D eigenvalue weighted by molar-refractivity contribution is 6.32. The van der Waals surface area contributed by atoms with Crippen molar-refractivity contribution in [2.75, 3.05) is 11.4 Å². The molecule has 0 N–H and O–H groups in total. The lowest BCUT2D eigenvalue weighted by atomic mass is 10.2. The zero-order chi connectivity index (χ0) is 12.1. The summed E-state index contributed by atoms with van der Waals surface area (Å²) in [5.41, 5.74) is 0.940. The molecule has 0 amide bonds. The van der Waals surface area contributed by atoms with Crippen molar-refractivity contribution in [1.29, 1.82) is 0 Å². The van der Waals surface area contributed by atoms with Gasteiger partial charge >= 0.3 is 0 Å². The number of alkyl halides is 1. The summed E-state index contributed by atoms with van der Waals surface area (Å²) in [6.45, 7) is 7.47. The highest BCUT2D eigenvalue weighted by Gasteiger charge is 2.12. The van der Waals surface area contributed by atoms with Crippen molar-refractivity contribution < 1.29 is 0 Å². The minimum Gasteiger partial charge on any atom is -0.354 e. The normalized spacial score (nSPS) is 10.9. The second-order valence-corrected chi connectivity index (χ2v) is 4.73. The van der Waals surface area contributed by atoms with Crippen molar-refractivity contribution in [2.45, 2.75) is 39.1 Å². The van der Waals surface area contributed by atoms with Crippen LogP contribution < -0.4 is 4.90 Å². The molecule has 90 valence electrons. The van der Waals surface area contributed by atoms with Crippen LogP contribution >= 0.6 is 23.2 Å². The van der Waals surface area contributed by atoms with E-state index in [-0.39, 0.29) is 0 Å². The number of aromatic nitrogens is 1. The third-order valence-corrected chi connectivity index (χ3v) is 3.07. The molecule has 0 fully saturated rings. The molecule has 2 nitrogen and oxygen atoms in total. The minimum atomic E-state index is 0.423. The summed E-state index contributed by atoms with van der Waals surface area (Å²) in [5.74, 6) is 1.38. The molecular formula is C12H18Cl2N2. The molecule has 0 aliphatic heterocycles.